The summed E-state index contributed by atoms with van der Waals surface area (Å²) in [5, 5.41) is 0.234. The lowest BCUT2D eigenvalue weighted by atomic mass is 9.96. The van der Waals surface area contributed by atoms with Gasteiger partial charge in [-0.15, -0.1) is 11.6 Å². The van der Waals surface area contributed by atoms with Gasteiger partial charge in [0, 0.05) is 0 Å². The van der Waals surface area contributed by atoms with Gasteiger partial charge in [0.2, 0.25) is 0 Å². The van der Waals surface area contributed by atoms with Crippen LogP contribution >= 0.6 is 11.6 Å². The van der Waals surface area contributed by atoms with Gasteiger partial charge in [-0.2, -0.15) is 0 Å². The summed E-state index contributed by atoms with van der Waals surface area (Å²) in [6.45, 7) is 6.27. The Labute approximate surface area is 80.4 Å². The minimum absolute atomic E-state index is 0.0465. The Hall–Kier alpha value is 0.250. The highest BCUT2D eigenvalue weighted by atomic mass is 35.5. The number of alkyl halides is 1. The fourth-order valence-electron chi connectivity index (χ4n) is 1.64. The molecule has 2 heteroatoms. The Morgan fingerprint density at radius 3 is 2.25 bits per heavy atom. The molecule has 1 fully saturated rings. The average Bonchev–Trinajstić information content (AvgIpc) is 1.91. The lowest BCUT2D eigenvalue weighted by Crippen LogP contribution is -2.35. The largest absolute Gasteiger partial charge is 0.371 e. The number of ether oxygens (including phenoxy) is 1. The van der Waals surface area contributed by atoms with E-state index in [9.17, 15) is 0 Å². The van der Waals surface area contributed by atoms with Crippen LogP contribution in [-0.2, 0) is 4.74 Å². The highest BCUT2D eigenvalue weighted by molar-refractivity contribution is 6.21. The quantitative estimate of drug-likeness (QED) is 0.577. The van der Waals surface area contributed by atoms with Crippen LogP contribution in [0.1, 0.15) is 46.5 Å². The molecule has 0 spiro atoms. The van der Waals surface area contributed by atoms with Crippen molar-refractivity contribution in [3.05, 3.63) is 0 Å². The van der Waals surface area contributed by atoms with Gasteiger partial charge in [-0.25, -0.2) is 0 Å². The van der Waals surface area contributed by atoms with Crippen LogP contribution in [0.15, 0.2) is 0 Å². The molecule has 72 valence electrons. The third-order valence-corrected chi connectivity index (χ3v) is 2.63. The second-order valence-corrected chi connectivity index (χ2v) is 5.13. The van der Waals surface area contributed by atoms with Gasteiger partial charge >= 0.3 is 0 Å². The molecule has 0 aliphatic heterocycles. The van der Waals surface area contributed by atoms with Crippen LogP contribution in [0.5, 0.6) is 0 Å². The van der Waals surface area contributed by atoms with E-state index in [1.165, 1.54) is 12.8 Å². The maximum absolute atomic E-state index is 6.16. The van der Waals surface area contributed by atoms with E-state index in [-0.39, 0.29) is 17.1 Å². The molecule has 1 aliphatic carbocycles. The van der Waals surface area contributed by atoms with Crippen LogP contribution in [-0.4, -0.2) is 17.1 Å². The van der Waals surface area contributed by atoms with Crippen LogP contribution in [0, 0.1) is 0 Å². The first-order chi connectivity index (χ1) is 5.49. The number of rotatable bonds is 1. The van der Waals surface area contributed by atoms with Crippen molar-refractivity contribution in [2.24, 2.45) is 0 Å². The molecule has 0 aromatic rings. The third-order valence-electron chi connectivity index (χ3n) is 2.13. The second-order valence-electron chi connectivity index (χ2n) is 4.57. The van der Waals surface area contributed by atoms with Gasteiger partial charge in [0.25, 0.3) is 0 Å². The van der Waals surface area contributed by atoms with Crippen LogP contribution in [0.2, 0.25) is 0 Å². The van der Waals surface area contributed by atoms with Crippen molar-refractivity contribution in [2.75, 3.05) is 0 Å². The zero-order chi connectivity index (χ0) is 9.19. The van der Waals surface area contributed by atoms with E-state index in [0.29, 0.717) is 0 Å². The highest BCUT2D eigenvalue weighted by Gasteiger charge is 2.27. The van der Waals surface area contributed by atoms with Gasteiger partial charge in [0.05, 0.1) is 17.1 Å². The SMILES string of the molecule is CC(C)(C)O[C@@H]1CCCC[C@H]1Cl. The molecule has 1 saturated carbocycles. The van der Waals surface area contributed by atoms with Crippen molar-refractivity contribution in [1.29, 1.82) is 0 Å². The molecule has 0 unspecified atom stereocenters. The van der Waals surface area contributed by atoms with Crippen molar-refractivity contribution in [3.8, 4) is 0 Å². The molecule has 1 rings (SSSR count). The second kappa shape index (κ2) is 3.97. The van der Waals surface area contributed by atoms with Crippen LogP contribution in [0.3, 0.4) is 0 Å². The van der Waals surface area contributed by atoms with Crippen molar-refractivity contribution < 1.29 is 4.74 Å². The molecule has 0 amide bonds. The van der Waals surface area contributed by atoms with E-state index in [4.69, 9.17) is 16.3 Å². The zero-order valence-corrected chi connectivity index (χ0v) is 9.03. The Morgan fingerprint density at radius 2 is 1.75 bits per heavy atom. The predicted molar refractivity (Wildman–Crippen MR) is 52.7 cm³/mol. The molecule has 0 bridgehead atoms. The van der Waals surface area contributed by atoms with Crippen LogP contribution in [0.25, 0.3) is 0 Å². The van der Waals surface area contributed by atoms with E-state index >= 15 is 0 Å². The van der Waals surface area contributed by atoms with E-state index in [1.807, 2.05) is 0 Å². The fraction of sp³-hybridized carbons (Fsp3) is 1.00. The molecular weight excluding hydrogens is 172 g/mol. The molecule has 1 aliphatic rings. The molecule has 0 aromatic carbocycles. The van der Waals surface area contributed by atoms with E-state index in [0.717, 1.165) is 12.8 Å². The summed E-state index contributed by atoms with van der Waals surface area (Å²) in [5.74, 6) is 0. The van der Waals surface area contributed by atoms with Gasteiger partial charge in [0.1, 0.15) is 0 Å². The summed E-state index contributed by atoms with van der Waals surface area (Å²) in [7, 11) is 0. The van der Waals surface area contributed by atoms with Crippen molar-refractivity contribution >= 4 is 11.6 Å². The third kappa shape index (κ3) is 3.32. The summed E-state index contributed by atoms with van der Waals surface area (Å²) < 4.78 is 5.86. The molecule has 0 saturated heterocycles. The van der Waals surface area contributed by atoms with Gasteiger partial charge in [-0.1, -0.05) is 12.8 Å². The Bertz CT molecular complexity index is 139. The topological polar surface area (TPSA) is 9.23 Å². The smallest absolute Gasteiger partial charge is 0.0745 e. The van der Waals surface area contributed by atoms with Crippen molar-refractivity contribution in [2.45, 2.75) is 63.5 Å². The standard InChI is InChI=1S/C10H19ClO/c1-10(2,3)12-9-7-5-4-6-8(9)11/h8-9H,4-7H2,1-3H3/t8-,9-/m1/s1. The molecule has 12 heavy (non-hydrogen) atoms. The summed E-state index contributed by atoms with van der Waals surface area (Å²) in [5.41, 5.74) is -0.0465. The molecule has 2 atom stereocenters. The number of hydrogen-bond acceptors (Lipinski definition) is 1. The molecule has 0 aromatic heterocycles. The first kappa shape index (κ1) is 10.3. The van der Waals surface area contributed by atoms with Crippen molar-refractivity contribution in [3.63, 3.8) is 0 Å². The van der Waals surface area contributed by atoms with Gasteiger partial charge in [-0.05, 0) is 33.6 Å². The number of hydrogen-bond donors (Lipinski definition) is 0. The molecule has 1 nitrogen and oxygen atoms in total. The first-order valence-electron chi connectivity index (χ1n) is 4.81. The maximum atomic E-state index is 6.16. The Morgan fingerprint density at radius 1 is 1.17 bits per heavy atom. The van der Waals surface area contributed by atoms with Gasteiger partial charge in [0.15, 0.2) is 0 Å². The van der Waals surface area contributed by atoms with Gasteiger partial charge in [-0.3, -0.25) is 0 Å². The normalized spacial score (nSPS) is 32.0. The summed E-state index contributed by atoms with van der Waals surface area (Å²) >= 11 is 6.16. The predicted octanol–water partition coefficient (Wildman–Crippen LogP) is 3.35. The van der Waals surface area contributed by atoms with Crippen molar-refractivity contribution in [1.82, 2.24) is 0 Å². The lowest BCUT2D eigenvalue weighted by molar-refractivity contribution is -0.0712. The Kier molecular flexibility index (Phi) is 3.42. The molecule has 0 N–H and O–H groups in total. The van der Waals surface area contributed by atoms with E-state index in [2.05, 4.69) is 20.8 Å². The van der Waals surface area contributed by atoms with Gasteiger partial charge < -0.3 is 4.74 Å². The molecule has 0 radical (unpaired) electrons. The maximum Gasteiger partial charge on any atom is 0.0745 e. The fourth-order valence-corrected chi connectivity index (χ4v) is 1.97. The minimum Gasteiger partial charge on any atom is -0.371 e. The summed E-state index contributed by atoms with van der Waals surface area (Å²) in [6, 6.07) is 0. The molecular formula is C10H19ClO. The van der Waals surface area contributed by atoms with E-state index < -0.39 is 0 Å². The first-order valence-corrected chi connectivity index (χ1v) is 5.24. The van der Waals surface area contributed by atoms with E-state index in [1.54, 1.807) is 0 Å². The zero-order valence-electron chi connectivity index (χ0n) is 8.27. The van der Waals surface area contributed by atoms with Crippen LogP contribution in [0.4, 0.5) is 0 Å². The molecule has 0 heterocycles. The minimum atomic E-state index is -0.0465. The Balaban J connectivity index is 2.39. The number of halogens is 1. The monoisotopic (exact) mass is 190 g/mol. The highest BCUT2D eigenvalue weighted by Crippen LogP contribution is 2.28. The summed E-state index contributed by atoms with van der Waals surface area (Å²) in [6.07, 6.45) is 5.05. The average molecular weight is 191 g/mol. The summed E-state index contributed by atoms with van der Waals surface area (Å²) in [4.78, 5) is 0. The van der Waals surface area contributed by atoms with Crippen LogP contribution < -0.4 is 0 Å². The lowest BCUT2D eigenvalue weighted by Gasteiger charge is -2.33.